The second-order valence-electron chi connectivity index (χ2n) is 0.247. The molecule has 0 aromatic heterocycles. The zero-order valence-corrected chi connectivity index (χ0v) is 9.79. The molecule has 5 heteroatoms. The van der Waals surface area contributed by atoms with Gasteiger partial charge in [-0.3, -0.25) is 0 Å². The first-order valence-corrected chi connectivity index (χ1v) is 8.77. The topological polar surface area (TPSA) is 0 Å². The minimum absolute atomic E-state index is 0. The third-order valence-electron chi connectivity index (χ3n) is 0. The Balaban J connectivity index is 0. The van der Waals surface area contributed by atoms with Crippen molar-refractivity contribution < 1.29 is 0 Å². The summed E-state index contributed by atoms with van der Waals surface area (Å²) in [5, 5.41) is 0. The molecule has 0 saturated heterocycles. The molecule has 0 saturated carbocycles. The maximum atomic E-state index is 5.25. The van der Waals surface area contributed by atoms with E-state index in [0.29, 0.717) is 0 Å². The van der Waals surface area contributed by atoms with E-state index < -0.39 is 9.57 Å². The van der Waals surface area contributed by atoms with Crippen LogP contribution in [0.3, 0.4) is 0 Å². The van der Waals surface area contributed by atoms with Gasteiger partial charge in [-0.2, -0.15) is 28.1 Å². The number of hydrogen-bond donors (Lipinski definition) is 0. The minimum atomic E-state index is -1.04. The van der Waals surface area contributed by atoms with Gasteiger partial charge >= 0.3 is 9.57 Å². The summed E-state index contributed by atoms with van der Waals surface area (Å²) in [6.07, 6.45) is 0. The van der Waals surface area contributed by atoms with Crippen LogP contribution in [0, 0.1) is 0 Å². The third-order valence-corrected chi connectivity index (χ3v) is 0. The van der Waals surface area contributed by atoms with Gasteiger partial charge in [-0.25, -0.2) is 10.0 Å². The SMILES string of the molecule is [Cl][Al]([Br])[Br].[Na]. The van der Waals surface area contributed by atoms with Crippen molar-refractivity contribution in [1.82, 2.24) is 0 Å². The van der Waals surface area contributed by atoms with E-state index in [1.54, 1.807) is 0 Å². The Morgan fingerprint density at radius 2 is 1.40 bits per heavy atom. The standard InChI is InChI=1S/Al.2BrH.ClH.Na/h;3*1H;/q+3;;;;/p-3. The van der Waals surface area contributed by atoms with Crippen molar-refractivity contribution in [3.05, 3.63) is 0 Å². The zero-order valence-electron chi connectivity index (χ0n) is 2.71. The van der Waals surface area contributed by atoms with Crippen molar-refractivity contribution in [3.63, 3.8) is 0 Å². The van der Waals surface area contributed by atoms with Crippen molar-refractivity contribution in [1.29, 1.82) is 0 Å². The Labute approximate surface area is 75.8 Å². The molecule has 5 heavy (non-hydrogen) atoms. The van der Waals surface area contributed by atoms with E-state index in [2.05, 4.69) is 28.1 Å². The van der Waals surface area contributed by atoms with Gasteiger partial charge in [0.15, 0.2) is 0 Å². The van der Waals surface area contributed by atoms with Crippen molar-refractivity contribution >= 4 is 77.3 Å². The molecule has 25 valence electrons. The van der Waals surface area contributed by atoms with Crippen molar-refractivity contribution in [2.24, 2.45) is 0 Å². The molecule has 0 heterocycles. The maximum absolute atomic E-state index is 5.25. The van der Waals surface area contributed by atoms with Gasteiger partial charge < -0.3 is 0 Å². The molecule has 0 aliphatic rings. The Bertz CT molecular complexity index is 14.4. The molecule has 0 aromatic carbocycles. The summed E-state index contributed by atoms with van der Waals surface area (Å²) in [6.45, 7) is 0. The summed E-state index contributed by atoms with van der Waals surface area (Å²) in [5.74, 6) is 0. The van der Waals surface area contributed by atoms with Gasteiger partial charge in [-0.1, -0.05) is 0 Å². The molecule has 0 aliphatic carbocycles. The predicted molar refractivity (Wildman–Crippen MR) is 35.2 cm³/mol. The molecule has 0 nitrogen and oxygen atoms in total. The quantitative estimate of drug-likeness (QED) is 0.569. The van der Waals surface area contributed by atoms with Gasteiger partial charge in [0.05, 0.1) is 0 Å². The predicted octanol–water partition coefficient (Wildman–Crippen LogP) is 1.62. The van der Waals surface area contributed by atoms with Gasteiger partial charge in [-0.05, 0) is 0 Å². The first-order chi connectivity index (χ1) is 1.73. The number of rotatable bonds is 0. The van der Waals surface area contributed by atoms with Gasteiger partial charge in [0.25, 0.3) is 0 Å². The monoisotopic (exact) mass is 243 g/mol. The number of hydrogen-bond acceptors (Lipinski definition) is 0. The molecule has 0 unspecified atom stereocenters. The van der Waals surface area contributed by atoms with E-state index in [1.165, 1.54) is 0 Å². The summed E-state index contributed by atoms with van der Waals surface area (Å²) in [4.78, 5) is 0. The molecule has 0 N–H and O–H groups in total. The van der Waals surface area contributed by atoms with E-state index in [4.69, 9.17) is 10.0 Å². The summed E-state index contributed by atoms with van der Waals surface area (Å²) in [7, 11) is 4.21. The zero-order chi connectivity index (χ0) is 3.58. The smallest absolute Gasteiger partial charge is 0.224 e. The van der Waals surface area contributed by atoms with Crippen LogP contribution in [0.2, 0.25) is 0 Å². The van der Waals surface area contributed by atoms with E-state index in [-0.39, 0.29) is 29.6 Å². The van der Waals surface area contributed by atoms with Crippen molar-refractivity contribution in [2.75, 3.05) is 0 Å². The van der Waals surface area contributed by atoms with Crippen LogP contribution >= 0.6 is 38.2 Å². The van der Waals surface area contributed by atoms with Crippen molar-refractivity contribution in [3.8, 4) is 0 Å². The van der Waals surface area contributed by atoms with E-state index >= 15 is 0 Å². The molecular weight excluding hydrogens is 245 g/mol. The van der Waals surface area contributed by atoms with Crippen LogP contribution in [0.1, 0.15) is 0 Å². The van der Waals surface area contributed by atoms with E-state index in [1.807, 2.05) is 0 Å². The fraction of sp³-hybridized carbons (Fsp3) is 0. The van der Waals surface area contributed by atoms with Gasteiger partial charge in [0.1, 0.15) is 0 Å². The largest absolute Gasteiger partial charge is 0.575 e. The third kappa shape index (κ3) is 20.0. The normalized spacial score (nSPS) is 5.40. The van der Waals surface area contributed by atoms with Crippen LogP contribution in [0.5, 0.6) is 0 Å². The summed E-state index contributed by atoms with van der Waals surface area (Å²) >= 11 is 6.18. The van der Waals surface area contributed by atoms with E-state index in [0.717, 1.165) is 0 Å². The molecule has 0 amide bonds. The summed E-state index contributed by atoms with van der Waals surface area (Å²) in [5.41, 5.74) is 0. The van der Waals surface area contributed by atoms with Crippen LogP contribution in [-0.2, 0) is 0 Å². The van der Waals surface area contributed by atoms with Crippen LogP contribution < -0.4 is 0 Å². The second-order valence-corrected chi connectivity index (χ2v) is 14.4. The Hall–Kier alpha value is 2.78. The van der Waals surface area contributed by atoms with E-state index in [9.17, 15) is 0 Å². The fourth-order valence-electron chi connectivity index (χ4n) is 0. The molecule has 1 radical (unpaired) electrons. The summed E-state index contributed by atoms with van der Waals surface area (Å²) in [6, 6.07) is 0. The van der Waals surface area contributed by atoms with Crippen LogP contribution in [-0.4, -0.2) is 39.1 Å². The molecule has 0 aromatic rings. The van der Waals surface area contributed by atoms with Crippen molar-refractivity contribution in [2.45, 2.75) is 0 Å². The van der Waals surface area contributed by atoms with Crippen LogP contribution in [0.15, 0.2) is 0 Å². The average Bonchev–Trinajstić information content (AvgIpc) is 0.811. The number of halogens is 3. The van der Waals surface area contributed by atoms with Crippen LogP contribution in [0.4, 0.5) is 0 Å². The first-order valence-electron chi connectivity index (χ1n) is 0.655. The van der Waals surface area contributed by atoms with Gasteiger partial charge in [0, 0.05) is 29.6 Å². The minimum Gasteiger partial charge on any atom is -0.224 e. The Morgan fingerprint density at radius 3 is 1.40 bits per heavy atom. The molecular formula is AlBr2ClNa. The first kappa shape index (κ1) is 10.7. The second kappa shape index (κ2) is 6.78. The average molecular weight is 245 g/mol. The van der Waals surface area contributed by atoms with Gasteiger partial charge in [0.2, 0.25) is 0 Å². The molecule has 0 spiro atoms. The molecule has 0 rings (SSSR count). The fourth-order valence-corrected chi connectivity index (χ4v) is 0. The van der Waals surface area contributed by atoms with Crippen LogP contribution in [0.25, 0.3) is 0 Å². The summed E-state index contributed by atoms with van der Waals surface area (Å²) < 4.78 is 0. The Kier molecular flexibility index (Phi) is 14.5. The maximum Gasteiger partial charge on any atom is 0.575 e. The Morgan fingerprint density at radius 1 is 1.40 bits per heavy atom. The molecule has 0 aliphatic heterocycles. The molecule has 0 atom stereocenters. The molecule has 0 bridgehead atoms. The molecule has 0 fully saturated rings. The van der Waals surface area contributed by atoms with Gasteiger partial charge in [-0.15, -0.1) is 0 Å².